The summed E-state index contributed by atoms with van der Waals surface area (Å²) in [6.07, 6.45) is 3.25. The highest BCUT2D eigenvalue weighted by Gasteiger charge is 2.34. The molecule has 0 aliphatic carbocycles. The minimum absolute atomic E-state index is 0.650. The van der Waals surface area contributed by atoms with Crippen molar-refractivity contribution in [1.29, 1.82) is 0 Å². The second-order valence-corrected chi connectivity index (χ2v) is 5.09. The highest BCUT2D eigenvalue weighted by Crippen LogP contribution is 2.26. The van der Waals surface area contributed by atoms with Gasteiger partial charge in [-0.15, -0.1) is 0 Å². The zero-order valence-corrected chi connectivity index (χ0v) is 9.06. The predicted octanol–water partition coefficient (Wildman–Crippen LogP) is 1.42. The van der Waals surface area contributed by atoms with Gasteiger partial charge in [0.15, 0.2) is 0 Å². The Bertz CT molecular complexity index is 188. The Hall–Kier alpha value is -0.150. The molecule has 2 fully saturated rings. The molecule has 0 radical (unpaired) electrons. The summed E-state index contributed by atoms with van der Waals surface area (Å²) in [5.41, 5.74) is -0.924. The molecule has 1 N–H and O–H groups in total. The molecule has 1 unspecified atom stereocenters. The summed E-state index contributed by atoms with van der Waals surface area (Å²) in [5.74, 6) is 0.796. The molecule has 0 amide bonds. The van der Waals surface area contributed by atoms with Gasteiger partial charge in [0, 0.05) is 19.6 Å². The number of hydrogen-bond donors (Lipinski definition) is 1. The van der Waals surface area contributed by atoms with Crippen LogP contribution in [0, 0.1) is 5.92 Å². The summed E-state index contributed by atoms with van der Waals surface area (Å²) >= 11 is 0. The van der Waals surface area contributed by atoms with Gasteiger partial charge in [-0.3, -0.25) is 4.90 Å². The fourth-order valence-electron chi connectivity index (χ4n) is 2.60. The van der Waals surface area contributed by atoms with Crippen molar-refractivity contribution in [3.05, 3.63) is 0 Å². The molecule has 0 aromatic heterocycles. The number of halogens is 1. The first-order chi connectivity index (χ1) is 6.66. The zero-order valence-electron chi connectivity index (χ0n) is 9.06. The number of alkyl halides is 1. The summed E-state index contributed by atoms with van der Waals surface area (Å²) in [7, 11) is 0. The van der Waals surface area contributed by atoms with Crippen molar-refractivity contribution in [3.8, 4) is 0 Å². The van der Waals surface area contributed by atoms with E-state index in [0.717, 1.165) is 38.5 Å². The van der Waals surface area contributed by atoms with E-state index in [4.69, 9.17) is 0 Å². The molecule has 0 aromatic rings. The van der Waals surface area contributed by atoms with Crippen LogP contribution >= 0.6 is 0 Å². The van der Waals surface area contributed by atoms with Gasteiger partial charge < -0.3 is 5.32 Å². The molecule has 0 spiro atoms. The van der Waals surface area contributed by atoms with Crippen LogP contribution in [-0.2, 0) is 0 Å². The van der Waals surface area contributed by atoms with E-state index in [9.17, 15) is 4.39 Å². The highest BCUT2D eigenvalue weighted by atomic mass is 19.1. The maximum absolute atomic E-state index is 13.6. The average Bonchev–Trinajstić information content (AvgIpc) is 2.47. The van der Waals surface area contributed by atoms with E-state index in [0.29, 0.717) is 6.54 Å². The van der Waals surface area contributed by atoms with Crippen molar-refractivity contribution in [3.63, 3.8) is 0 Å². The van der Waals surface area contributed by atoms with Crippen molar-refractivity contribution in [2.24, 2.45) is 5.92 Å². The van der Waals surface area contributed by atoms with Gasteiger partial charge in [-0.1, -0.05) is 0 Å². The molecule has 14 heavy (non-hydrogen) atoms. The summed E-state index contributed by atoms with van der Waals surface area (Å²) in [5, 5.41) is 3.36. The maximum atomic E-state index is 13.6. The third-order valence-electron chi connectivity index (χ3n) is 3.48. The van der Waals surface area contributed by atoms with E-state index < -0.39 is 5.67 Å². The van der Waals surface area contributed by atoms with E-state index in [1.807, 2.05) is 0 Å². The van der Waals surface area contributed by atoms with Crippen LogP contribution in [0.1, 0.15) is 26.2 Å². The monoisotopic (exact) mass is 200 g/mol. The smallest absolute Gasteiger partial charge is 0.122 e. The van der Waals surface area contributed by atoms with Gasteiger partial charge in [0.1, 0.15) is 5.67 Å². The first-order valence-corrected chi connectivity index (χ1v) is 5.78. The minimum atomic E-state index is -0.924. The standard InChI is InChI=1S/C11H21FN2/c1-11(12)4-7-14(9-11)8-10-2-5-13-6-3-10/h10,13H,2-9H2,1H3. The van der Waals surface area contributed by atoms with E-state index >= 15 is 0 Å². The Morgan fingerprint density at radius 3 is 2.71 bits per heavy atom. The number of nitrogens with one attached hydrogen (secondary N) is 1. The fourth-order valence-corrected chi connectivity index (χ4v) is 2.60. The number of piperidine rings is 1. The molecule has 0 saturated carbocycles. The average molecular weight is 200 g/mol. The van der Waals surface area contributed by atoms with Gasteiger partial charge in [0.2, 0.25) is 0 Å². The van der Waals surface area contributed by atoms with Gasteiger partial charge in [0.25, 0.3) is 0 Å². The van der Waals surface area contributed by atoms with Crippen LogP contribution in [0.2, 0.25) is 0 Å². The van der Waals surface area contributed by atoms with Crippen LogP contribution in [0.25, 0.3) is 0 Å². The van der Waals surface area contributed by atoms with E-state index in [-0.39, 0.29) is 0 Å². The summed E-state index contributed by atoms with van der Waals surface area (Å²) in [6.45, 7) is 6.74. The lowest BCUT2D eigenvalue weighted by Gasteiger charge is -2.27. The van der Waals surface area contributed by atoms with Gasteiger partial charge in [-0.25, -0.2) is 4.39 Å². The molecule has 0 bridgehead atoms. The Labute approximate surface area is 85.9 Å². The summed E-state index contributed by atoms with van der Waals surface area (Å²) in [4.78, 5) is 2.30. The first kappa shape index (κ1) is 10.4. The molecule has 2 aliphatic heterocycles. The SMILES string of the molecule is CC1(F)CCN(CC2CCNCC2)C1. The molecule has 2 heterocycles. The van der Waals surface area contributed by atoms with Crippen LogP contribution in [0.15, 0.2) is 0 Å². The van der Waals surface area contributed by atoms with Crippen LogP contribution < -0.4 is 5.32 Å². The highest BCUT2D eigenvalue weighted by molar-refractivity contribution is 4.87. The lowest BCUT2D eigenvalue weighted by atomic mass is 9.98. The molecule has 2 saturated heterocycles. The first-order valence-electron chi connectivity index (χ1n) is 5.78. The topological polar surface area (TPSA) is 15.3 Å². The minimum Gasteiger partial charge on any atom is -0.317 e. The third-order valence-corrected chi connectivity index (χ3v) is 3.48. The molecule has 2 nitrogen and oxygen atoms in total. The molecule has 82 valence electrons. The molecular formula is C11H21FN2. The Morgan fingerprint density at radius 1 is 1.43 bits per heavy atom. The van der Waals surface area contributed by atoms with Crippen LogP contribution in [0.3, 0.4) is 0 Å². The molecule has 0 aromatic carbocycles. The molecule has 2 rings (SSSR count). The van der Waals surface area contributed by atoms with Gasteiger partial charge >= 0.3 is 0 Å². The Kier molecular flexibility index (Phi) is 3.07. The van der Waals surface area contributed by atoms with Crippen LogP contribution in [0.5, 0.6) is 0 Å². The quantitative estimate of drug-likeness (QED) is 0.725. The van der Waals surface area contributed by atoms with Crippen molar-refractivity contribution in [2.75, 3.05) is 32.7 Å². The number of rotatable bonds is 2. The van der Waals surface area contributed by atoms with Crippen molar-refractivity contribution in [1.82, 2.24) is 10.2 Å². The second-order valence-electron chi connectivity index (χ2n) is 5.09. The van der Waals surface area contributed by atoms with Crippen molar-refractivity contribution >= 4 is 0 Å². The molecule has 3 heteroatoms. The third kappa shape index (κ3) is 2.67. The fraction of sp³-hybridized carbons (Fsp3) is 1.00. The lowest BCUT2D eigenvalue weighted by Crippen LogP contribution is -2.36. The summed E-state index contributed by atoms with van der Waals surface area (Å²) in [6, 6.07) is 0. The molecular weight excluding hydrogens is 179 g/mol. The normalized spacial score (nSPS) is 36.4. The van der Waals surface area contributed by atoms with Crippen LogP contribution in [0.4, 0.5) is 4.39 Å². The summed E-state index contributed by atoms with van der Waals surface area (Å²) < 4.78 is 13.6. The Morgan fingerprint density at radius 2 is 2.14 bits per heavy atom. The second kappa shape index (κ2) is 4.15. The zero-order chi connectivity index (χ0) is 10.0. The Balaban J connectivity index is 1.75. The van der Waals surface area contributed by atoms with Gasteiger partial charge in [-0.2, -0.15) is 0 Å². The molecule has 1 atom stereocenters. The van der Waals surface area contributed by atoms with Gasteiger partial charge in [-0.05, 0) is 45.2 Å². The maximum Gasteiger partial charge on any atom is 0.122 e. The number of likely N-dealkylation sites (tertiary alicyclic amines) is 1. The largest absolute Gasteiger partial charge is 0.317 e. The lowest BCUT2D eigenvalue weighted by molar-refractivity contribution is 0.172. The number of hydrogen-bond acceptors (Lipinski definition) is 2. The predicted molar refractivity (Wildman–Crippen MR) is 56.2 cm³/mol. The van der Waals surface area contributed by atoms with E-state index in [1.165, 1.54) is 12.8 Å². The van der Waals surface area contributed by atoms with Gasteiger partial charge in [0.05, 0.1) is 0 Å². The van der Waals surface area contributed by atoms with E-state index in [1.54, 1.807) is 6.92 Å². The van der Waals surface area contributed by atoms with Crippen molar-refractivity contribution in [2.45, 2.75) is 31.9 Å². The molecule has 2 aliphatic rings. The number of nitrogens with zero attached hydrogens (tertiary/aromatic N) is 1. The van der Waals surface area contributed by atoms with E-state index in [2.05, 4.69) is 10.2 Å². The van der Waals surface area contributed by atoms with Crippen LogP contribution in [-0.4, -0.2) is 43.3 Å². The van der Waals surface area contributed by atoms with Crippen molar-refractivity contribution < 1.29 is 4.39 Å².